The summed E-state index contributed by atoms with van der Waals surface area (Å²) in [6, 6.07) is 3.14. The number of phenols is 1. The number of hydrogen-bond acceptors (Lipinski definition) is 3. The van der Waals surface area contributed by atoms with Crippen molar-refractivity contribution in [2.45, 2.75) is 13.5 Å². The molecule has 1 fully saturated rings. The minimum atomic E-state index is -0.775. The molecule has 0 unspecified atom stereocenters. The van der Waals surface area contributed by atoms with Crippen molar-refractivity contribution in [3.63, 3.8) is 0 Å². The van der Waals surface area contributed by atoms with Crippen LogP contribution in [0, 0.1) is 11.8 Å². The number of carboxylic acids is 1. The number of aliphatic carboxylic acids is 1. The quantitative estimate of drug-likeness (QED) is 0.901. The summed E-state index contributed by atoms with van der Waals surface area (Å²) in [6.45, 7) is 3.52. The minimum Gasteiger partial charge on any atom is -0.506 e. The zero-order valence-corrected chi connectivity index (χ0v) is 11.9. The highest BCUT2D eigenvalue weighted by molar-refractivity contribution is 6.35. The summed E-state index contributed by atoms with van der Waals surface area (Å²) in [5.74, 6) is -1.04. The van der Waals surface area contributed by atoms with E-state index in [2.05, 4.69) is 0 Å². The highest BCUT2D eigenvalue weighted by atomic mass is 35.5. The average molecular weight is 304 g/mol. The van der Waals surface area contributed by atoms with Crippen molar-refractivity contribution >= 4 is 29.2 Å². The molecule has 0 saturated carbocycles. The second kappa shape index (κ2) is 5.57. The molecule has 104 valence electrons. The monoisotopic (exact) mass is 303 g/mol. The van der Waals surface area contributed by atoms with Gasteiger partial charge in [0.1, 0.15) is 5.75 Å². The second-order valence-corrected chi connectivity index (χ2v) is 5.86. The molecule has 1 aromatic carbocycles. The first kappa shape index (κ1) is 14.4. The maximum absolute atomic E-state index is 11.1. The third-order valence-corrected chi connectivity index (χ3v) is 4.01. The molecule has 0 aliphatic carbocycles. The Morgan fingerprint density at radius 2 is 2.11 bits per heavy atom. The van der Waals surface area contributed by atoms with Gasteiger partial charge in [0.15, 0.2) is 0 Å². The van der Waals surface area contributed by atoms with E-state index in [4.69, 9.17) is 28.3 Å². The van der Waals surface area contributed by atoms with E-state index in [1.807, 2.05) is 11.8 Å². The number of likely N-dealkylation sites (tertiary alicyclic amines) is 1. The Balaban J connectivity index is 2.13. The zero-order valence-electron chi connectivity index (χ0n) is 10.4. The van der Waals surface area contributed by atoms with Crippen molar-refractivity contribution in [3.05, 3.63) is 27.7 Å². The normalized spacial score (nSPS) is 23.7. The van der Waals surface area contributed by atoms with Crippen LogP contribution in [0.4, 0.5) is 0 Å². The minimum absolute atomic E-state index is 0.0116. The molecule has 0 radical (unpaired) electrons. The summed E-state index contributed by atoms with van der Waals surface area (Å²) in [7, 11) is 0. The number of hydrogen-bond donors (Lipinski definition) is 2. The molecule has 0 amide bonds. The summed E-state index contributed by atoms with van der Waals surface area (Å²) >= 11 is 11.8. The Kier molecular flexibility index (Phi) is 4.23. The van der Waals surface area contributed by atoms with E-state index >= 15 is 0 Å². The fourth-order valence-corrected chi connectivity index (χ4v) is 3.03. The number of nitrogens with zero attached hydrogens (tertiary/aromatic N) is 1. The number of carbonyl (C=O) groups is 1. The lowest BCUT2D eigenvalue weighted by Crippen LogP contribution is -2.23. The van der Waals surface area contributed by atoms with Gasteiger partial charge in [-0.2, -0.15) is 0 Å². The molecule has 1 heterocycles. The van der Waals surface area contributed by atoms with Gasteiger partial charge in [-0.3, -0.25) is 9.69 Å². The zero-order chi connectivity index (χ0) is 14.2. The van der Waals surface area contributed by atoms with Crippen LogP contribution < -0.4 is 0 Å². The Hall–Kier alpha value is -0.970. The maximum Gasteiger partial charge on any atom is 0.308 e. The van der Waals surface area contributed by atoms with E-state index < -0.39 is 5.97 Å². The van der Waals surface area contributed by atoms with Crippen molar-refractivity contribution in [1.29, 1.82) is 0 Å². The lowest BCUT2D eigenvalue weighted by atomic mass is 9.99. The Bertz CT molecular complexity index is 507. The molecule has 1 saturated heterocycles. The average Bonchev–Trinajstić information content (AvgIpc) is 2.66. The van der Waals surface area contributed by atoms with Gasteiger partial charge in [0.05, 0.1) is 10.9 Å². The number of halogens is 2. The third-order valence-electron chi connectivity index (χ3n) is 3.51. The van der Waals surface area contributed by atoms with E-state index in [1.54, 1.807) is 6.07 Å². The van der Waals surface area contributed by atoms with Crippen LogP contribution in [-0.2, 0) is 11.3 Å². The standard InChI is InChI=1S/C13H15Cl2NO3/c1-7-4-16(6-10(7)13(18)19)5-8-2-9(14)3-11(15)12(8)17/h2-3,7,10,17H,4-6H2,1H3,(H,18,19)/t7-,10-/m1/s1. The summed E-state index contributed by atoms with van der Waals surface area (Å²) in [5, 5.41) is 19.7. The molecule has 2 N–H and O–H groups in total. The molecule has 6 heteroatoms. The fourth-order valence-electron chi connectivity index (χ4n) is 2.50. The maximum atomic E-state index is 11.1. The number of phenolic OH excluding ortho intramolecular Hbond substituents is 1. The van der Waals surface area contributed by atoms with E-state index in [0.29, 0.717) is 30.2 Å². The third kappa shape index (κ3) is 3.14. The van der Waals surface area contributed by atoms with Gasteiger partial charge in [-0.05, 0) is 18.1 Å². The van der Waals surface area contributed by atoms with Crippen molar-refractivity contribution < 1.29 is 15.0 Å². The number of rotatable bonds is 3. The van der Waals surface area contributed by atoms with Crippen LogP contribution in [-0.4, -0.2) is 34.2 Å². The van der Waals surface area contributed by atoms with Gasteiger partial charge in [-0.15, -0.1) is 0 Å². The van der Waals surface area contributed by atoms with E-state index in [9.17, 15) is 9.90 Å². The topological polar surface area (TPSA) is 60.8 Å². The van der Waals surface area contributed by atoms with Crippen LogP contribution >= 0.6 is 23.2 Å². The molecule has 0 bridgehead atoms. The molecule has 2 atom stereocenters. The lowest BCUT2D eigenvalue weighted by molar-refractivity contribution is -0.142. The molecular formula is C13H15Cl2NO3. The van der Waals surface area contributed by atoms with Crippen molar-refractivity contribution in [2.75, 3.05) is 13.1 Å². The van der Waals surface area contributed by atoms with Gasteiger partial charge >= 0.3 is 5.97 Å². The molecule has 4 nitrogen and oxygen atoms in total. The lowest BCUT2D eigenvalue weighted by Gasteiger charge is -2.17. The summed E-state index contributed by atoms with van der Waals surface area (Å²) < 4.78 is 0. The van der Waals surface area contributed by atoms with Gasteiger partial charge < -0.3 is 10.2 Å². The van der Waals surface area contributed by atoms with Gasteiger partial charge in [0.25, 0.3) is 0 Å². The smallest absolute Gasteiger partial charge is 0.308 e. The van der Waals surface area contributed by atoms with Crippen LogP contribution in [0.2, 0.25) is 10.0 Å². The van der Waals surface area contributed by atoms with E-state index in [0.717, 1.165) is 0 Å². The number of benzene rings is 1. The molecule has 1 aliphatic rings. The second-order valence-electron chi connectivity index (χ2n) is 5.01. The van der Waals surface area contributed by atoms with Crippen LogP contribution in [0.3, 0.4) is 0 Å². The van der Waals surface area contributed by atoms with Gasteiger partial charge in [0.2, 0.25) is 0 Å². The first-order chi connectivity index (χ1) is 8.88. The highest BCUT2D eigenvalue weighted by Gasteiger charge is 2.34. The largest absolute Gasteiger partial charge is 0.506 e. The first-order valence-corrected chi connectivity index (χ1v) is 6.76. The van der Waals surface area contributed by atoms with Gasteiger partial charge in [-0.1, -0.05) is 30.1 Å². The van der Waals surface area contributed by atoms with E-state index in [-0.39, 0.29) is 22.6 Å². The number of carboxylic acid groups (broad SMARTS) is 1. The molecule has 2 rings (SSSR count). The van der Waals surface area contributed by atoms with Crippen LogP contribution in [0.25, 0.3) is 0 Å². The predicted octanol–water partition coefficient (Wildman–Crippen LogP) is 2.85. The van der Waals surface area contributed by atoms with Crippen molar-refractivity contribution in [1.82, 2.24) is 4.90 Å². The van der Waals surface area contributed by atoms with Crippen molar-refractivity contribution in [2.24, 2.45) is 11.8 Å². The molecule has 19 heavy (non-hydrogen) atoms. The number of aromatic hydroxyl groups is 1. The predicted molar refractivity (Wildman–Crippen MR) is 73.7 cm³/mol. The molecule has 1 aromatic rings. The SMILES string of the molecule is C[C@@H]1CN(Cc2cc(Cl)cc(Cl)c2O)C[C@H]1C(=O)O. The molecule has 1 aliphatic heterocycles. The van der Waals surface area contributed by atoms with E-state index in [1.165, 1.54) is 6.07 Å². The fraction of sp³-hybridized carbons (Fsp3) is 0.462. The van der Waals surface area contributed by atoms with Crippen LogP contribution in [0.1, 0.15) is 12.5 Å². The molecule has 0 aromatic heterocycles. The van der Waals surface area contributed by atoms with Crippen molar-refractivity contribution in [3.8, 4) is 5.75 Å². The molecular weight excluding hydrogens is 289 g/mol. The van der Waals surface area contributed by atoms with Crippen LogP contribution in [0.15, 0.2) is 12.1 Å². The molecule has 0 spiro atoms. The summed E-state index contributed by atoms with van der Waals surface area (Å²) in [4.78, 5) is 13.1. The summed E-state index contributed by atoms with van der Waals surface area (Å²) in [6.07, 6.45) is 0. The summed E-state index contributed by atoms with van der Waals surface area (Å²) in [5.41, 5.74) is 0.621. The van der Waals surface area contributed by atoms with Gasteiger partial charge in [-0.25, -0.2) is 0 Å². The van der Waals surface area contributed by atoms with Gasteiger partial charge in [0, 0.05) is 30.2 Å². The first-order valence-electron chi connectivity index (χ1n) is 6.00. The van der Waals surface area contributed by atoms with Crippen LogP contribution in [0.5, 0.6) is 5.75 Å². The Labute approximate surface area is 121 Å². The Morgan fingerprint density at radius 1 is 1.42 bits per heavy atom. The highest BCUT2D eigenvalue weighted by Crippen LogP contribution is 2.33. The Morgan fingerprint density at radius 3 is 2.68 bits per heavy atom.